The molecule has 4 aromatic rings. The molecular weight excluding hydrogens is 596 g/mol. The van der Waals surface area contributed by atoms with Gasteiger partial charge in [0.15, 0.2) is 0 Å². The van der Waals surface area contributed by atoms with Crippen molar-refractivity contribution in [3.8, 4) is 22.3 Å². The molecule has 0 aliphatic carbocycles. The van der Waals surface area contributed by atoms with E-state index in [1.807, 2.05) is 84.9 Å². The van der Waals surface area contributed by atoms with E-state index in [0.717, 1.165) is 22.3 Å². The van der Waals surface area contributed by atoms with Crippen molar-refractivity contribution in [2.24, 2.45) is 0 Å². The number of carbonyl (C=O) groups is 4. The van der Waals surface area contributed by atoms with Gasteiger partial charge < -0.3 is 24.8 Å². The summed E-state index contributed by atoms with van der Waals surface area (Å²) < 4.78 is 8.84. The molecule has 0 spiro atoms. The summed E-state index contributed by atoms with van der Waals surface area (Å²) in [6, 6.07) is 34.0. The standard InChI is InChI=1S/C17H17NO3.C13H10O2.C4H9NO2.CH4.ClH/c1-18(12-16(19)21-2)17(20)15-10-8-14(9-11-15)13-6-4-3-5-7-13;14-13(15)12-8-6-11(7-9-12)10-4-2-1-3-5-10;1-5-3-4(6)7-2;;/h3-11H,12H2,1-2H3;1-9H,(H,14,15);5H,3H2,1-2H3;1H4;1H. The zero-order valence-corrected chi connectivity index (χ0v) is 25.9. The lowest BCUT2D eigenvalue weighted by molar-refractivity contribution is -0.141. The van der Waals surface area contributed by atoms with Crippen molar-refractivity contribution in [3.63, 3.8) is 0 Å². The molecule has 0 unspecified atom stereocenters. The third kappa shape index (κ3) is 13.9. The fourth-order valence-corrected chi connectivity index (χ4v) is 3.64. The van der Waals surface area contributed by atoms with Crippen molar-refractivity contribution < 1.29 is 33.8 Å². The van der Waals surface area contributed by atoms with Gasteiger partial charge in [0.1, 0.15) is 6.54 Å². The Bertz CT molecular complexity index is 1450. The number of carboxylic acids is 1. The predicted molar refractivity (Wildman–Crippen MR) is 180 cm³/mol. The maximum absolute atomic E-state index is 12.2. The first-order chi connectivity index (χ1) is 20.7. The number of nitrogens with one attached hydrogen (secondary N) is 1. The molecule has 0 bridgehead atoms. The minimum Gasteiger partial charge on any atom is -0.478 e. The molecule has 0 heterocycles. The molecule has 1 amide bonds. The average molecular weight is 637 g/mol. The van der Waals surface area contributed by atoms with Crippen LogP contribution in [0.2, 0.25) is 0 Å². The van der Waals surface area contributed by atoms with Crippen LogP contribution in [0.4, 0.5) is 0 Å². The Morgan fingerprint density at radius 3 is 1.36 bits per heavy atom. The van der Waals surface area contributed by atoms with Gasteiger partial charge in [0.25, 0.3) is 5.91 Å². The third-order valence-electron chi connectivity index (χ3n) is 5.97. The number of likely N-dealkylation sites (N-methyl/N-ethyl adjacent to an activating group) is 2. The monoisotopic (exact) mass is 636 g/mol. The highest BCUT2D eigenvalue weighted by atomic mass is 35.5. The molecule has 4 rings (SSSR count). The second-order valence-electron chi connectivity index (χ2n) is 9.04. The summed E-state index contributed by atoms with van der Waals surface area (Å²) in [6.07, 6.45) is 0. The van der Waals surface area contributed by atoms with Crippen LogP contribution >= 0.6 is 12.4 Å². The van der Waals surface area contributed by atoms with Crippen LogP contribution < -0.4 is 5.32 Å². The molecule has 0 aliphatic heterocycles. The van der Waals surface area contributed by atoms with Crippen LogP contribution in [0.25, 0.3) is 22.3 Å². The zero-order chi connectivity index (χ0) is 31.6. The highest BCUT2D eigenvalue weighted by Gasteiger charge is 2.15. The van der Waals surface area contributed by atoms with Crippen molar-refractivity contribution in [1.29, 1.82) is 0 Å². The number of nitrogens with zero attached hydrogens (tertiary/aromatic N) is 1. The van der Waals surface area contributed by atoms with Gasteiger partial charge in [-0.25, -0.2) is 4.79 Å². The number of benzene rings is 4. The second kappa shape index (κ2) is 21.7. The number of carboxylic acid groups (broad SMARTS) is 1. The summed E-state index contributed by atoms with van der Waals surface area (Å²) in [6.45, 7) is 0.228. The third-order valence-corrected chi connectivity index (χ3v) is 5.97. The van der Waals surface area contributed by atoms with Crippen molar-refractivity contribution in [3.05, 3.63) is 120 Å². The molecule has 45 heavy (non-hydrogen) atoms. The first-order valence-electron chi connectivity index (χ1n) is 13.3. The smallest absolute Gasteiger partial charge is 0.335 e. The first kappa shape index (κ1) is 40.0. The van der Waals surface area contributed by atoms with E-state index in [2.05, 4.69) is 14.8 Å². The minimum absolute atomic E-state index is 0. The van der Waals surface area contributed by atoms with E-state index in [4.69, 9.17) is 5.11 Å². The molecule has 0 saturated heterocycles. The molecule has 0 radical (unpaired) electrons. The van der Waals surface area contributed by atoms with Gasteiger partial charge >= 0.3 is 17.9 Å². The molecule has 10 heteroatoms. The highest BCUT2D eigenvalue weighted by molar-refractivity contribution is 5.96. The van der Waals surface area contributed by atoms with E-state index >= 15 is 0 Å². The van der Waals surface area contributed by atoms with E-state index in [1.54, 1.807) is 38.4 Å². The number of methoxy groups -OCH3 is 2. The van der Waals surface area contributed by atoms with Gasteiger partial charge in [-0.2, -0.15) is 0 Å². The van der Waals surface area contributed by atoms with Crippen LogP contribution in [-0.4, -0.2) is 75.2 Å². The molecule has 0 saturated carbocycles. The van der Waals surface area contributed by atoms with Crippen LogP contribution in [0, 0.1) is 0 Å². The number of hydrogen-bond donors (Lipinski definition) is 2. The summed E-state index contributed by atoms with van der Waals surface area (Å²) in [7, 11) is 5.93. The Balaban J connectivity index is 0.000000707. The summed E-state index contributed by atoms with van der Waals surface area (Å²) in [5.41, 5.74) is 5.12. The Morgan fingerprint density at radius 2 is 1.02 bits per heavy atom. The molecule has 9 nitrogen and oxygen atoms in total. The largest absolute Gasteiger partial charge is 0.478 e. The van der Waals surface area contributed by atoms with Gasteiger partial charge in [-0.3, -0.25) is 14.4 Å². The zero-order valence-electron chi connectivity index (χ0n) is 25.1. The van der Waals surface area contributed by atoms with E-state index < -0.39 is 11.9 Å². The normalized spacial score (nSPS) is 9.24. The number of ether oxygens (including phenoxy) is 2. The van der Waals surface area contributed by atoms with Gasteiger partial charge in [-0.15, -0.1) is 12.4 Å². The fourth-order valence-electron chi connectivity index (χ4n) is 3.64. The second-order valence-corrected chi connectivity index (χ2v) is 9.04. The molecule has 0 aliphatic rings. The lowest BCUT2D eigenvalue weighted by Gasteiger charge is -2.15. The van der Waals surface area contributed by atoms with Crippen molar-refractivity contribution in [2.45, 2.75) is 7.43 Å². The Kier molecular flexibility index (Phi) is 19.3. The number of hydrogen-bond acceptors (Lipinski definition) is 7. The summed E-state index contributed by atoms with van der Waals surface area (Å²) >= 11 is 0. The molecule has 0 aromatic heterocycles. The number of aromatic carboxylic acids is 1. The topological polar surface area (TPSA) is 122 Å². The predicted octanol–water partition coefficient (Wildman–Crippen LogP) is 6.09. The average Bonchev–Trinajstić information content (AvgIpc) is 3.06. The summed E-state index contributed by atoms with van der Waals surface area (Å²) in [5.74, 6) is -1.77. The molecule has 2 N–H and O–H groups in total. The van der Waals surface area contributed by atoms with Crippen LogP contribution in [-0.2, 0) is 19.1 Å². The van der Waals surface area contributed by atoms with E-state index in [9.17, 15) is 19.2 Å². The minimum atomic E-state index is -0.894. The van der Waals surface area contributed by atoms with Gasteiger partial charge in [-0.1, -0.05) is 92.4 Å². The Morgan fingerprint density at radius 1 is 0.644 bits per heavy atom. The fraction of sp³-hybridized carbons (Fsp3) is 0.200. The van der Waals surface area contributed by atoms with Crippen LogP contribution in [0.1, 0.15) is 28.1 Å². The Labute approximate surface area is 271 Å². The van der Waals surface area contributed by atoms with Gasteiger partial charge in [0.2, 0.25) is 0 Å². The maximum Gasteiger partial charge on any atom is 0.335 e. The molecule has 240 valence electrons. The highest BCUT2D eigenvalue weighted by Crippen LogP contribution is 2.20. The van der Waals surface area contributed by atoms with Crippen LogP contribution in [0.5, 0.6) is 0 Å². The maximum atomic E-state index is 12.2. The lowest BCUT2D eigenvalue weighted by Crippen LogP contribution is -2.32. The van der Waals surface area contributed by atoms with Crippen molar-refractivity contribution in [1.82, 2.24) is 10.2 Å². The SMILES string of the molecule is C.CNCC(=O)OC.COC(=O)CN(C)C(=O)c1ccc(-c2ccccc2)cc1.Cl.O=C(O)c1ccc(-c2ccccc2)cc1. The molecular formula is C35H41ClN2O7. The van der Waals surface area contributed by atoms with Crippen LogP contribution in [0.3, 0.4) is 0 Å². The molecule has 4 aromatic carbocycles. The van der Waals surface area contributed by atoms with E-state index in [0.29, 0.717) is 11.1 Å². The van der Waals surface area contributed by atoms with Gasteiger partial charge in [0.05, 0.1) is 26.3 Å². The number of amides is 1. The quantitative estimate of drug-likeness (QED) is 0.223. The number of carbonyl (C=O) groups excluding carboxylic acids is 3. The lowest BCUT2D eigenvalue weighted by atomic mass is 10.0. The summed E-state index contributed by atoms with van der Waals surface area (Å²) in [5, 5.41) is 11.4. The number of esters is 2. The summed E-state index contributed by atoms with van der Waals surface area (Å²) in [4.78, 5) is 45.5. The van der Waals surface area contributed by atoms with Crippen molar-refractivity contribution >= 4 is 36.2 Å². The first-order valence-corrected chi connectivity index (χ1v) is 13.3. The molecule has 0 atom stereocenters. The van der Waals surface area contributed by atoms with Crippen molar-refractivity contribution in [2.75, 3.05) is 41.4 Å². The molecule has 0 fully saturated rings. The Hall–Kier alpha value is -4.99. The van der Waals surface area contributed by atoms with Crippen LogP contribution in [0.15, 0.2) is 109 Å². The number of rotatable bonds is 8. The van der Waals surface area contributed by atoms with E-state index in [1.165, 1.54) is 19.1 Å². The number of halogens is 1. The van der Waals surface area contributed by atoms with Gasteiger partial charge in [-0.05, 0) is 53.6 Å². The van der Waals surface area contributed by atoms with E-state index in [-0.39, 0.29) is 44.8 Å². The van der Waals surface area contributed by atoms with Gasteiger partial charge in [0, 0.05) is 12.6 Å².